The van der Waals surface area contributed by atoms with Crippen LogP contribution < -0.4 is 0 Å². The van der Waals surface area contributed by atoms with E-state index in [0.29, 0.717) is 0 Å². The lowest BCUT2D eigenvalue weighted by molar-refractivity contribution is 0.197. The van der Waals surface area contributed by atoms with Gasteiger partial charge in [0.15, 0.2) is 5.17 Å². The molecule has 2 aliphatic heterocycles. The van der Waals surface area contributed by atoms with Gasteiger partial charge in [0.1, 0.15) is 0 Å². The molecule has 3 nitrogen and oxygen atoms in total. The summed E-state index contributed by atoms with van der Waals surface area (Å²) in [7, 11) is 0. The maximum atomic E-state index is 4.58. The van der Waals surface area contributed by atoms with Crippen molar-refractivity contribution in [2.75, 3.05) is 39.3 Å². The highest BCUT2D eigenvalue weighted by Gasteiger charge is 2.20. The number of amidine groups is 1. The number of nitrogens with zero attached hydrogens (tertiary/aromatic N) is 3. The summed E-state index contributed by atoms with van der Waals surface area (Å²) in [6.45, 7) is 14.3. The van der Waals surface area contributed by atoms with Crippen molar-refractivity contribution in [3.63, 3.8) is 0 Å². The molecular weight excluding hydrogens is 394 g/mol. The molecule has 5 heteroatoms. The van der Waals surface area contributed by atoms with Crippen molar-refractivity contribution >= 4 is 32.9 Å². The minimum absolute atomic E-state index is 0.835. The monoisotopic (exact) mass is 425 g/mol. The van der Waals surface area contributed by atoms with Gasteiger partial charge in [-0.2, -0.15) is 0 Å². The first-order valence-electron chi connectivity index (χ1n) is 9.37. The van der Waals surface area contributed by atoms with Crippen LogP contribution in [-0.2, 0) is 0 Å². The van der Waals surface area contributed by atoms with Gasteiger partial charge in [0.2, 0.25) is 0 Å². The molecule has 3 aliphatic rings. The Labute approximate surface area is 166 Å². The predicted octanol–water partition coefficient (Wildman–Crippen LogP) is 5.44. The number of halogens is 1. The van der Waals surface area contributed by atoms with Crippen molar-refractivity contribution in [3.05, 3.63) is 45.8 Å². The number of hydrogen-bond donors (Lipinski definition) is 0. The van der Waals surface area contributed by atoms with E-state index < -0.39 is 0 Å². The SMILES string of the molecule is BrC1=CCC=C(CN2CCN(C3=NCC=CS3)CC2)C=C1.CC.CC. The van der Waals surface area contributed by atoms with Gasteiger partial charge < -0.3 is 4.90 Å². The van der Waals surface area contributed by atoms with E-state index in [9.17, 15) is 0 Å². The lowest BCUT2D eigenvalue weighted by Gasteiger charge is -2.36. The van der Waals surface area contributed by atoms with E-state index in [-0.39, 0.29) is 0 Å². The summed E-state index contributed by atoms with van der Waals surface area (Å²) in [5.74, 6) is 0. The van der Waals surface area contributed by atoms with Gasteiger partial charge in [0.25, 0.3) is 0 Å². The molecule has 0 amide bonds. The molecule has 1 aliphatic carbocycles. The van der Waals surface area contributed by atoms with E-state index in [4.69, 9.17) is 0 Å². The Kier molecular flexibility index (Phi) is 12.0. The number of hydrogen-bond acceptors (Lipinski definition) is 4. The first-order valence-corrected chi connectivity index (χ1v) is 11.0. The number of thioether (sulfide) groups is 1. The molecule has 140 valence electrons. The predicted molar refractivity (Wildman–Crippen MR) is 119 cm³/mol. The largest absolute Gasteiger partial charge is 0.349 e. The third kappa shape index (κ3) is 7.97. The summed E-state index contributed by atoms with van der Waals surface area (Å²) in [6, 6.07) is 0. The molecule has 0 bridgehead atoms. The van der Waals surface area contributed by atoms with Crippen molar-refractivity contribution in [1.82, 2.24) is 9.80 Å². The lowest BCUT2D eigenvalue weighted by Crippen LogP contribution is -2.48. The minimum Gasteiger partial charge on any atom is -0.349 e. The quantitative estimate of drug-likeness (QED) is 0.586. The zero-order valence-corrected chi connectivity index (χ0v) is 18.4. The molecule has 0 unspecified atom stereocenters. The van der Waals surface area contributed by atoms with Gasteiger partial charge in [0.05, 0.1) is 6.54 Å². The molecule has 0 saturated carbocycles. The second-order valence-electron chi connectivity index (χ2n) is 5.31. The van der Waals surface area contributed by atoms with Crippen LogP contribution in [0.3, 0.4) is 0 Å². The van der Waals surface area contributed by atoms with E-state index in [2.05, 4.69) is 66.5 Å². The van der Waals surface area contributed by atoms with Crippen LogP contribution in [0.5, 0.6) is 0 Å². The van der Waals surface area contributed by atoms with Gasteiger partial charge in [-0.3, -0.25) is 9.89 Å². The second-order valence-corrected chi connectivity index (χ2v) is 7.10. The summed E-state index contributed by atoms with van der Waals surface area (Å²) in [5.41, 5.74) is 1.42. The molecule has 0 radical (unpaired) electrons. The number of aliphatic imine (C=N–C) groups is 1. The van der Waals surface area contributed by atoms with Crippen LogP contribution in [0.4, 0.5) is 0 Å². The van der Waals surface area contributed by atoms with Crippen LogP contribution in [0.15, 0.2) is 50.8 Å². The first kappa shape index (κ1) is 22.3. The van der Waals surface area contributed by atoms with Crippen molar-refractivity contribution in [1.29, 1.82) is 0 Å². The van der Waals surface area contributed by atoms with Gasteiger partial charge >= 0.3 is 0 Å². The summed E-state index contributed by atoms with van der Waals surface area (Å²) in [6.07, 6.45) is 12.0. The molecule has 3 rings (SSSR count). The van der Waals surface area contributed by atoms with Crippen molar-refractivity contribution in [2.45, 2.75) is 34.1 Å². The fourth-order valence-corrected chi connectivity index (χ4v) is 3.72. The number of allylic oxidation sites excluding steroid dienone is 4. The Balaban J connectivity index is 0.000000730. The van der Waals surface area contributed by atoms with E-state index in [1.807, 2.05) is 27.7 Å². The average Bonchev–Trinajstić information content (AvgIpc) is 2.90. The molecule has 0 spiro atoms. The van der Waals surface area contributed by atoms with Gasteiger partial charge in [-0.15, -0.1) is 0 Å². The van der Waals surface area contributed by atoms with Crippen LogP contribution in [0.1, 0.15) is 34.1 Å². The topological polar surface area (TPSA) is 18.8 Å². The smallest absolute Gasteiger partial charge is 0.163 e. The summed E-state index contributed by atoms with van der Waals surface area (Å²) in [4.78, 5) is 9.53. The third-order valence-electron chi connectivity index (χ3n) is 3.80. The Morgan fingerprint density at radius 1 is 1.04 bits per heavy atom. The standard InChI is InChI=1S/C16H20BrN3S.2C2H6/c17-15-4-1-3-14(5-6-15)13-19-8-10-20(11-9-19)16-18-7-2-12-21-16;2*1-2/h2-6,12H,1,7-11,13H2;2*1-2H3. The van der Waals surface area contributed by atoms with Crippen molar-refractivity contribution < 1.29 is 0 Å². The van der Waals surface area contributed by atoms with E-state index in [0.717, 1.165) is 45.7 Å². The van der Waals surface area contributed by atoms with E-state index >= 15 is 0 Å². The second kappa shape index (κ2) is 13.4. The Morgan fingerprint density at radius 2 is 1.76 bits per heavy atom. The molecule has 1 fully saturated rings. The van der Waals surface area contributed by atoms with Gasteiger partial charge in [-0.05, 0) is 23.5 Å². The lowest BCUT2D eigenvalue weighted by atomic mass is 10.2. The van der Waals surface area contributed by atoms with Crippen LogP contribution in [-0.4, -0.2) is 54.2 Å². The highest BCUT2D eigenvalue weighted by atomic mass is 79.9. The fraction of sp³-hybridized carbons (Fsp3) is 0.550. The molecule has 0 aromatic rings. The summed E-state index contributed by atoms with van der Waals surface area (Å²) >= 11 is 5.29. The van der Waals surface area contributed by atoms with Gasteiger partial charge in [0, 0.05) is 37.2 Å². The van der Waals surface area contributed by atoms with Crippen molar-refractivity contribution in [2.24, 2.45) is 4.99 Å². The maximum Gasteiger partial charge on any atom is 0.163 e. The highest BCUT2D eigenvalue weighted by molar-refractivity contribution is 9.11. The molecule has 2 heterocycles. The Hall–Kier alpha value is -0.780. The summed E-state index contributed by atoms with van der Waals surface area (Å²) in [5, 5.41) is 3.35. The normalized spacial score (nSPS) is 20.2. The van der Waals surface area contributed by atoms with Crippen LogP contribution >= 0.6 is 27.7 Å². The summed E-state index contributed by atoms with van der Waals surface area (Å²) < 4.78 is 1.18. The van der Waals surface area contributed by atoms with Crippen molar-refractivity contribution in [3.8, 4) is 0 Å². The van der Waals surface area contributed by atoms with E-state index in [1.165, 1.54) is 15.2 Å². The molecule has 0 aromatic carbocycles. The Bertz CT molecular complexity index is 527. The molecule has 0 N–H and O–H groups in total. The zero-order chi connectivity index (χ0) is 18.5. The number of piperazine rings is 1. The molecule has 0 atom stereocenters. The van der Waals surface area contributed by atoms with E-state index in [1.54, 1.807) is 11.8 Å². The highest BCUT2D eigenvalue weighted by Crippen LogP contribution is 2.19. The van der Waals surface area contributed by atoms with Crippen LogP contribution in [0.2, 0.25) is 0 Å². The van der Waals surface area contributed by atoms with Gasteiger partial charge in [-0.25, -0.2) is 0 Å². The third-order valence-corrected chi connectivity index (χ3v) is 5.31. The molecule has 1 saturated heterocycles. The minimum atomic E-state index is 0.835. The average molecular weight is 426 g/mol. The maximum absolute atomic E-state index is 4.58. The Morgan fingerprint density at radius 3 is 2.40 bits per heavy atom. The fourth-order valence-electron chi connectivity index (χ4n) is 2.61. The van der Waals surface area contributed by atoms with Crippen LogP contribution in [0.25, 0.3) is 0 Å². The van der Waals surface area contributed by atoms with Gasteiger partial charge in [-0.1, -0.05) is 79.7 Å². The molecular formula is C20H32BrN3S. The van der Waals surface area contributed by atoms with Crippen LogP contribution in [0, 0.1) is 0 Å². The molecule has 0 aromatic heterocycles. The molecule has 25 heavy (non-hydrogen) atoms. The first-order chi connectivity index (χ1) is 12.3. The number of rotatable bonds is 2. The zero-order valence-electron chi connectivity index (χ0n) is 16.0.